The summed E-state index contributed by atoms with van der Waals surface area (Å²) in [5.41, 5.74) is 6.40. The lowest BCUT2D eigenvalue weighted by Crippen LogP contribution is -2.35. The Morgan fingerprint density at radius 1 is 1.17 bits per heavy atom. The number of alkyl halides is 4. The van der Waals surface area contributed by atoms with Crippen molar-refractivity contribution in [3.63, 3.8) is 0 Å². The number of hydrogen-bond acceptors (Lipinski definition) is 3. The average Bonchev–Trinajstić information content (AvgIpc) is 2.54. The molecule has 0 spiro atoms. The van der Waals surface area contributed by atoms with Crippen LogP contribution in [0.2, 0.25) is 0 Å². The second-order valence-corrected chi connectivity index (χ2v) is 5.95. The van der Waals surface area contributed by atoms with E-state index < -0.39 is 30.4 Å². The average molecular weight is 372 g/mol. The third-order valence-corrected chi connectivity index (χ3v) is 4.25. The Balaban J connectivity index is 0.00000288. The van der Waals surface area contributed by atoms with Crippen molar-refractivity contribution in [2.24, 2.45) is 11.7 Å². The smallest absolute Gasteiger partial charge is 0.428 e. The van der Waals surface area contributed by atoms with Crippen LogP contribution in [0, 0.1) is 5.92 Å². The molecule has 0 heterocycles. The van der Waals surface area contributed by atoms with Gasteiger partial charge in [0.15, 0.2) is 0 Å². The molecule has 8 heteroatoms. The molecule has 3 N–H and O–H groups in total. The molecular weight excluding hydrogens is 350 g/mol. The van der Waals surface area contributed by atoms with Gasteiger partial charge in [-0.25, -0.2) is 0 Å². The fraction of sp³-hybridized carbons (Fsp3) is 0.625. The molecule has 1 aromatic rings. The third kappa shape index (κ3) is 5.22. The van der Waals surface area contributed by atoms with E-state index in [1.165, 1.54) is 12.1 Å². The maximum absolute atomic E-state index is 13.0. The predicted molar refractivity (Wildman–Crippen MR) is 84.8 cm³/mol. The number of halogens is 5. The van der Waals surface area contributed by atoms with Crippen LogP contribution in [0.5, 0.6) is 5.75 Å². The first-order valence-electron chi connectivity index (χ1n) is 7.70. The molecule has 138 valence electrons. The van der Waals surface area contributed by atoms with Crippen molar-refractivity contribution in [1.29, 1.82) is 0 Å². The molecule has 0 bridgehead atoms. The molecule has 1 aromatic carbocycles. The Kier molecular flexibility index (Phi) is 7.76. The van der Waals surface area contributed by atoms with Crippen molar-refractivity contribution in [2.75, 3.05) is 0 Å². The van der Waals surface area contributed by atoms with Crippen LogP contribution in [-0.4, -0.2) is 23.7 Å². The first kappa shape index (κ1) is 21.0. The first-order valence-corrected chi connectivity index (χ1v) is 7.70. The number of rotatable bonds is 6. The molecule has 2 atom stereocenters. The summed E-state index contributed by atoms with van der Waals surface area (Å²) in [6, 6.07) is 4.50. The predicted octanol–water partition coefficient (Wildman–Crippen LogP) is 4.29. The van der Waals surface area contributed by atoms with Crippen LogP contribution < -0.4 is 10.5 Å². The lowest BCUT2D eigenvalue weighted by molar-refractivity contribution is -0.253. The van der Waals surface area contributed by atoms with Crippen molar-refractivity contribution in [3.8, 4) is 5.75 Å². The van der Waals surface area contributed by atoms with Crippen LogP contribution in [0.3, 0.4) is 0 Å². The Labute approximate surface area is 144 Å². The maximum atomic E-state index is 13.0. The quantitative estimate of drug-likeness (QED) is 0.733. The number of hydrogen-bond donors (Lipinski definition) is 2. The summed E-state index contributed by atoms with van der Waals surface area (Å²) < 4.78 is 54.4. The highest BCUT2D eigenvalue weighted by Crippen LogP contribution is 2.33. The number of nitrogens with two attached hydrogens (primary N) is 1. The maximum Gasteiger partial charge on any atom is 0.461 e. The summed E-state index contributed by atoms with van der Waals surface area (Å²) in [6.45, 7) is 0. The van der Waals surface area contributed by atoms with Crippen molar-refractivity contribution >= 4 is 12.4 Å². The van der Waals surface area contributed by atoms with Crippen LogP contribution in [0.1, 0.15) is 43.7 Å². The highest BCUT2D eigenvalue weighted by Gasteiger charge is 2.44. The lowest BCUT2D eigenvalue weighted by Gasteiger charge is -2.30. The summed E-state index contributed by atoms with van der Waals surface area (Å²) in [6.07, 6.45) is -4.37. The zero-order valence-electron chi connectivity index (χ0n) is 13.0. The van der Waals surface area contributed by atoms with Crippen LogP contribution in [0.4, 0.5) is 17.6 Å². The van der Waals surface area contributed by atoms with Crippen LogP contribution in [-0.2, 0) is 0 Å². The van der Waals surface area contributed by atoms with Gasteiger partial charge in [-0.3, -0.25) is 0 Å². The molecule has 0 aliphatic heterocycles. The normalized spacial score (nSPS) is 18.8. The molecule has 1 aliphatic rings. The zero-order valence-corrected chi connectivity index (χ0v) is 13.8. The van der Waals surface area contributed by atoms with Gasteiger partial charge in [-0.15, -0.1) is 12.4 Å². The number of aliphatic hydroxyl groups excluding tert-OH is 1. The standard InChI is InChI=1S/C16H21F4NO2.ClH/c17-15(18)16(19,20)23-12-8-4-7-11(9-12)13(21)14(22)10-5-2-1-3-6-10;/h4,7-10,13-15,22H,1-3,5-6,21H2;1H/t13-,14+;/m0./s1. The van der Waals surface area contributed by atoms with Gasteiger partial charge in [0.1, 0.15) is 5.75 Å². The Morgan fingerprint density at radius 3 is 2.38 bits per heavy atom. The molecule has 1 fully saturated rings. The second kappa shape index (κ2) is 8.87. The largest absolute Gasteiger partial charge is 0.461 e. The van der Waals surface area contributed by atoms with Gasteiger partial charge in [0.2, 0.25) is 0 Å². The second-order valence-electron chi connectivity index (χ2n) is 5.95. The molecule has 0 saturated heterocycles. The van der Waals surface area contributed by atoms with Gasteiger partial charge in [-0.1, -0.05) is 31.4 Å². The van der Waals surface area contributed by atoms with Gasteiger partial charge in [0.05, 0.1) is 12.1 Å². The number of aliphatic hydroxyl groups is 1. The summed E-state index contributed by atoms with van der Waals surface area (Å²) in [5, 5.41) is 10.4. The van der Waals surface area contributed by atoms with Crippen LogP contribution in [0.15, 0.2) is 24.3 Å². The Hall–Kier alpha value is -1.05. The third-order valence-electron chi connectivity index (χ3n) is 4.25. The monoisotopic (exact) mass is 371 g/mol. The Morgan fingerprint density at radius 2 is 1.79 bits per heavy atom. The van der Waals surface area contributed by atoms with Gasteiger partial charge in [0, 0.05) is 0 Å². The van der Waals surface area contributed by atoms with Crippen molar-refractivity contribution < 1.29 is 27.4 Å². The molecular formula is C16H22ClF4NO2. The van der Waals surface area contributed by atoms with E-state index in [0.29, 0.717) is 5.56 Å². The van der Waals surface area contributed by atoms with Gasteiger partial charge >= 0.3 is 12.5 Å². The van der Waals surface area contributed by atoms with E-state index in [2.05, 4.69) is 4.74 Å². The molecule has 3 nitrogen and oxygen atoms in total. The van der Waals surface area contributed by atoms with E-state index in [-0.39, 0.29) is 18.3 Å². The molecule has 0 aromatic heterocycles. The Bertz CT molecular complexity index is 513. The van der Waals surface area contributed by atoms with E-state index in [1.807, 2.05) is 0 Å². The van der Waals surface area contributed by atoms with Crippen molar-refractivity contribution in [3.05, 3.63) is 29.8 Å². The van der Waals surface area contributed by atoms with E-state index in [9.17, 15) is 22.7 Å². The fourth-order valence-corrected chi connectivity index (χ4v) is 2.95. The molecule has 24 heavy (non-hydrogen) atoms. The van der Waals surface area contributed by atoms with Crippen LogP contribution in [0.25, 0.3) is 0 Å². The van der Waals surface area contributed by atoms with Crippen molar-refractivity contribution in [1.82, 2.24) is 0 Å². The minimum atomic E-state index is -4.56. The topological polar surface area (TPSA) is 55.5 Å². The summed E-state index contributed by atoms with van der Waals surface area (Å²) in [4.78, 5) is 0. The van der Waals surface area contributed by atoms with Gasteiger partial charge < -0.3 is 15.6 Å². The van der Waals surface area contributed by atoms with E-state index in [1.54, 1.807) is 6.07 Å². The van der Waals surface area contributed by atoms with E-state index in [0.717, 1.165) is 38.2 Å². The van der Waals surface area contributed by atoms with E-state index in [4.69, 9.17) is 5.73 Å². The van der Waals surface area contributed by atoms with Crippen molar-refractivity contribution in [2.45, 2.75) is 56.8 Å². The van der Waals surface area contributed by atoms with Gasteiger partial charge in [0.25, 0.3) is 0 Å². The zero-order chi connectivity index (χ0) is 17.0. The SMILES string of the molecule is Cl.N[C@@H](c1cccc(OC(F)(F)C(F)F)c1)[C@H](O)C1CCCCC1. The molecule has 1 aliphatic carbocycles. The van der Waals surface area contributed by atoms with Crippen LogP contribution >= 0.6 is 12.4 Å². The van der Waals surface area contributed by atoms with Gasteiger partial charge in [-0.05, 0) is 36.5 Å². The van der Waals surface area contributed by atoms with Gasteiger partial charge in [-0.2, -0.15) is 17.6 Å². The number of benzene rings is 1. The summed E-state index contributed by atoms with van der Waals surface area (Å²) in [5.74, 6) is -0.343. The first-order chi connectivity index (χ1) is 10.8. The highest BCUT2D eigenvalue weighted by atomic mass is 35.5. The molecule has 2 rings (SSSR count). The molecule has 1 saturated carbocycles. The molecule has 0 radical (unpaired) electrons. The molecule has 0 amide bonds. The summed E-state index contributed by atoms with van der Waals surface area (Å²) >= 11 is 0. The van der Waals surface area contributed by atoms with E-state index >= 15 is 0 Å². The summed E-state index contributed by atoms with van der Waals surface area (Å²) in [7, 11) is 0. The minimum absolute atomic E-state index is 0. The number of ether oxygens (including phenoxy) is 1. The minimum Gasteiger partial charge on any atom is -0.428 e. The fourth-order valence-electron chi connectivity index (χ4n) is 2.95. The molecule has 0 unspecified atom stereocenters. The lowest BCUT2D eigenvalue weighted by atomic mass is 9.81. The highest BCUT2D eigenvalue weighted by molar-refractivity contribution is 5.85.